The highest BCUT2D eigenvalue weighted by Crippen LogP contribution is 2.28. The fraction of sp³-hybridized carbons (Fsp3) is 0.105. The van der Waals surface area contributed by atoms with Gasteiger partial charge in [-0.05, 0) is 42.0 Å². The number of carboxylic acid groups (broad SMARTS) is 2. The molecule has 0 radical (unpaired) electrons. The minimum absolute atomic E-state index is 0.295. The van der Waals surface area contributed by atoms with E-state index in [-0.39, 0.29) is 6.42 Å². The molecular weight excluding hydrogens is 375 g/mol. The van der Waals surface area contributed by atoms with E-state index in [9.17, 15) is 24.2 Å². The maximum Gasteiger partial charge on any atom is 0.318 e. The van der Waals surface area contributed by atoms with Crippen molar-refractivity contribution in [1.29, 1.82) is 0 Å². The van der Waals surface area contributed by atoms with E-state index in [1.54, 1.807) is 30.5 Å². The topological polar surface area (TPSA) is 92.4 Å². The molecule has 1 aromatic heterocycles. The van der Waals surface area contributed by atoms with Crippen LogP contribution in [0.3, 0.4) is 0 Å². The first-order chi connectivity index (χ1) is 12.8. The van der Waals surface area contributed by atoms with Gasteiger partial charge in [-0.1, -0.05) is 23.7 Å². The van der Waals surface area contributed by atoms with Gasteiger partial charge in [0.2, 0.25) is 0 Å². The van der Waals surface area contributed by atoms with Crippen molar-refractivity contribution >= 4 is 23.5 Å². The summed E-state index contributed by atoms with van der Waals surface area (Å²) in [6.45, 7) is 0. The number of hydrogen-bond donors (Lipinski definition) is 2. The Balaban J connectivity index is 2.08. The summed E-state index contributed by atoms with van der Waals surface area (Å²) in [6, 6.07) is 12.4. The Labute approximate surface area is 158 Å². The predicted molar refractivity (Wildman–Crippen MR) is 96.4 cm³/mol. The van der Waals surface area contributed by atoms with Crippen LogP contribution in [0.4, 0.5) is 4.39 Å². The number of aromatic nitrogens is 2. The molecular formula is C19H14ClFN2O4. The quantitative estimate of drug-likeness (QED) is 0.629. The van der Waals surface area contributed by atoms with E-state index in [1.165, 1.54) is 28.9 Å². The molecule has 138 valence electrons. The summed E-state index contributed by atoms with van der Waals surface area (Å²) >= 11 is 5.91. The van der Waals surface area contributed by atoms with Gasteiger partial charge in [-0.2, -0.15) is 5.10 Å². The van der Waals surface area contributed by atoms with Crippen LogP contribution in [-0.4, -0.2) is 31.9 Å². The maximum absolute atomic E-state index is 13.2. The van der Waals surface area contributed by atoms with E-state index >= 15 is 0 Å². The number of halogens is 2. The Kier molecular flexibility index (Phi) is 5.23. The highest BCUT2D eigenvalue weighted by molar-refractivity contribution is 6.30. The predicted octanol–water partition coefficient (Wildman–Crippen LogP) is 3.66. The molecule has 6 nitrogen and oxygen atoms in total. The Morgan fingerprint density at radius 1 is 1.04 bits per heavy atom. The molecule has 0 saturated heterocycles. The molecule has 2 N–H and O–H groups in total. The molecule has 2 aromatic carbocycles. The molecule has 3 aromatic rings. The number of aliphatic carboxylic acids is 2. The molecule has 8 heteroatoms. The van der Waals surface area contributed by atoms with Gasteiger partial charge in [0, 0.05) is 23.2 Å². The fourth-order valence-corrected chi connectivity index (χ4v) is 2.76. The second-order valence-corrected chi connectivity index (χ2v) is 6.29. The molecule has 0 spiro atoms. The Hall–Kier alpha value is -3.19. The number of carbonyl (C=O) groups is 2. The smallest absolute Gasteiger partial charge is 0.318 e. The largest absolute Gasteiger partial charge is 0.481 e. The summed E-state index contributed by atoms with van der Waals surface area (Å²) in [6.07, 6.45) is 1.35. The Bertz CT molecular complexity index is 970. The zero-order chi connectivity index (χ0) is 19.6. The zero-order valence-corrected chi connectivity index (χ0v) is 14.6. The van der Waals surface area contributed by atoms with Crippen molar-refractivity contribution in [3.8, 4) is 16.8 Å². The molecule has 27 heavy (non-hydrogen) atoms. The summed E-state index contributed by atoms with van der Waals surface area (Å²) < 4.78 is 14.6. The van der Waals surface area contributed by atoms with Gasteiger partial charge in [0.15, 0.2) is 5.92 Å². The fourth-order valence-electron chi connectivity index (χ4n) is 2.63. The normalized spacial score (nSPS) is 10.9. The lowest BCUT2D eigenvalue weighted by molar-refractivity contribution is -0.154. The monoisotopic (exact) mass is 388 g/mol. The van der Waals surface area contributed by atoms with E-state index in [4.69, 9.17) is 11.6 Å². The van der Waals surface area contributed by atoms with Crippen molar-refractivity contribution in [3.05, 3.63) is 71.3 Å². The van der Waals surface area contributed by atoms with Crippen LogP contribution in [0.1, 0.15) is 5.69 Å². The van der Waals surface area contributed by atoms with Crippen LogP contribution >= 0.6 is 11.6 Å². The zero-order valence-electron chi connectivity index (χ0n) is 13.8. The van der Waals surface area contributed by atoms with Crippen LogP contribution in [-0.2, 0) is 16.0 Å². The lowest BCUT2D eigenvalue weighted by atomic mass is 9.98. The highest BCUT2D eigenvalue weighted by Gasteiger charge is 2.29. The average molecular weight is 389 g/mol. The molecule has 3 rings (SSSR count). The molecule has 1 heterocycles. The second kappa shape index (κ2) is 7.59. The van der Waals surface area contributed by atoms with Crippen LogP contribution in [0.5, 0.6) is 0 Å². The highest BCUT2D eigenvalue weighted by atomic mass is 35.5. The number of rotatable bonds is 6. The van der Waals surface area contributed by atoms with Gasteiger partial charge in [0.05, 0.1) is 11.4 Å². The molecule has 0 saturated carbocycles. The second-order valence-electron chi connectivity index (χ2n) is 5.85. The van der Waals surface area contributed by atoms with Crippen LogP contribution in [0, 0.1) is 11.7 Å². The lowest BCUT2D eigenvalue weighted by Gasteiger charge is -2.07. The number of benzene rings is 2. The van der Waals surface area contributed by atoms with E-state index in [0.717, 1.165) is 0 Å². The minimum Gasteiger partial charge on any atom is -0.481 e. The molecule has 0 aliphatic carbocycles. The van der Waals surface area contributed by atoms with Gasteiger partial charge < -0.3 is 10.2 Å². The molecule has 0 bridgehead atoms. The Morgan fingerprint density at radius 2 is 1.63 bits per heavy atom. The number of hydrogen-bond acceptors (Lipinski definition) is 3. The summed E-state index contributed by atoms with van der Waals surface area (Å²) in [4.78, 5) is 22.6. The third-order valence-electron chi connectivity index (χ3n) is 4.03. The van der Waals surface area contributed by atoms with E-state index < -0.39 is 23.7 Å². The molecule has 0 amide bonds. The molecule has 0 atom stereocenters. The standard InChI is InChI=1S/C19H14ClFN2O4/c20-12-3-1-11(2-4-12)16-10-23(14-7-5-13(21)6-8-14)22-17(16)9-15(18(24)25)19(26)27/h1-8,10,15H,9H2,(H,24,25)(H,26,27). The van der Waals surface area contributed by atoms with Gasteiger partial charge in [0.1, 0.15) is 5.82 Å². The SMILES string of the molecule is O=C(O)C(Cc1nn(-c2ccc(F)cc2)cc1-c1ccc(Cl)cc1)C(=O)O. The third-order valence-corrected chi connectivity index (χ3v) is 4.28. The van der Waals surface area contributed by atoms with E-state index in [0.29, 0.717) is 27.5 Å². The van der Waals surface area contributed by atoms with Crippen molar-refractivity contribution in [2.75, 3.05) is 0 Å². The van der Waals surface area contributed by atoms with Gasteiger partial charge in [0.25, 0.3) is 0 Å². The number of nitrogens with zero attached hydrogens (tertiary/aromatic N) is 2. The van der Waals surface area contributed by atoms with Crippen molar-refractivity contribution < 1.29 is 24.2 Å². The molecule has 0 fully saturated rings. The van der Waals surface area contributed by atoms with Crippen molar-refractivity contribution in [2.45, 2.75) is 6.42 Å². The van der Waals surface area contributed by atoms with Crippen LogP contribution < -0.4 is 0 Å². The minimum atomic E-state index is -1.63. The van der Waals surface area contributed by atoms with Crippen molar-refractivity contribution in [3.63, 3.8) is 0 Å². The van der Waals surface area contributed by atoms with Crippen LogP contribution in [0.2, 0.25) is 5.02 Å². The molecule has 0 unspecified atom stereocenters. The first-order valence-corrected chi connectivity index (χ1v) is 8.29. The van der Waals surface area contributed by atoms with Crippen LogP contribution in [0.15, 0.2) is 54.7 Å². The summed E-state index contributed by atoms with van der Waals surface area (Å²) in [5.74, 6) is -4.92. The van der Waals surface area contributed by atoms with Gasteiger partial charge >= 0.3 is 11.9 Å². The lowest BCUT2D eigenvalue weighted by Crippen LogP contribution is -2.26. The van der Waals surface area contributed by atoms with E-state index in [2.05, 4.69) is 5.10 Å². The molecule has 0 aliphatic rings. The first-order valence-electron chi connectivity index (χ1n) is 7.91. The molecule has 0 aliphatic heterocycles. The van der Waals surface area contributed by atoms with Crippen molar-refractivity contribution in [2.24, 2.45) is 5.92 Å². The van der Waals surface area contributed by atoms with Crippen molar-refractivity contribution in [1.82, 2.24) is 9.78 Å². The average Bonchev–Trinajstić information content (AvgIpc) is 3.04. The van der Waals surface area contributed by atoms with Gasteiger partial charge in [-0.3, -0.25) is 9.59 Å². The maximum atomic E-state index is 13.2. The summed E-state index contributed by atoms with van der Waals surface area (Å²) in [5.41, 5.74) is 2.14. The summed E-state index contributed by atoms with van der Waals surface area (Å²) in [5, 5.41) is 23.2. The van der Waals surface area contributed by atoms with E-state index in [1.807, 2.05) is 0 Å². The van der Waals surface area contributed by atoms with Gasteiger partial charge in [-0.25, -0.2) is 9.07 Å². The summed E-state index contributed by atoms with van der Waals surface area (Å²) in [7, 11) is 0. The Morgan fingerprint density at radius 3 is 2.19 bits per heavy atom. The third kappa shape index (κ3) is 4.15. The first kappa shape index (κ1) is 18.6. The van der Waals surface area contributed by atoms with Crippen LogP contribution in [0.25, 0.3) is 16.8 Å². The van der Waals surface area contributed by atoms with Gasteiger partial charge in [-0.15, -0.1) is 0 Å². The number of carboxylic acids is 2.